The largest absolute Gasteiger partial charge is 0.510 e. The first-order chi connectivity index (χ1) is 45.6. The molecule has 98 heavy (non-hydrogen) atoms. The number of aliphatic hydroxyl groups is 1. The van der Waals surface area contributed by atoms with Crippen molar-refractivity contribution in [3.05, 3.63) is 61.8 Å². The lowest BCUT2D eigenvalue weighted by molar-refractivity contribution is -0.183. The van der Waals surface area contributed by atoms with Crippen molar-refractivity contribution in [3.63, 3.8) is 0 Å². The first-order valence-corrected chi connectivity index (χ1v) is 32.8. The first kappa shape index (κ1) is 83.0. The summed E-state index contributed by atoms with van der Waals surface area (Å²) in [7, 11) is -4.88. The van der Waals surface area contributed by atoms with E-state index >= 15 is 13.2 Å². The zero-order chi connectivity index (χ0) is 74.1. The highest BCUT2D eigenvalue weighted by Crippen LogP contribution is 2.52. The number of phosphoric acid groups is 1. The number of aliphatic hydroxyl groups excluding tert-OH is 1. The maximum Gasteiger partial charge on any atom is 0.510 e. The first-order valence-electron chi connectivity index (χ1n) is 30.8. The van der Waals surface area contributed by atoms with Crippen LogP contribution in [0.5, 0.6) is 0 Å². The van der Waals surface area contributed by atoms with E-state index in [4.69, 9.17) is 85.0 Å². The summed E-state index contributed by atoms with van der Waals surface area (Å²) < 4.78 is 147. The number of esters is 4. The van der Waals surface area contributed by atoms with E-state index in [9.17, 15) is 42.8 Å². The monoisotopic (exact) mass is 1440 g/mol. The smallest absolute Gasteiger partial charge is 0.462 e. The minimum absolute atomic E-state index is 0.0381. The summed E-state index contributed by atoms with van der Waals surface area (Å²) in [6, 6.07) is 0. The van der Waals surface area contributed by atoms with Gasteiger partial charge in [0.1, 0.15) is 66.1 Å². The predicted octanol–water partition coefficient (Wildman–Crippen LogP) is 6.80. The molecule has 0 aromatic carbocycles. The second-order valence-electron chi connectivity index (χ2n) is 24.3. The number of nitrogens with two attached hydrogens (primary N) is 3. The quantitative estimate of drug-likeness (QED) is 0.0164. The zero-order valence-corrected chi connectivity index (χ0v) is 58.6. The molecule has 0 bridgehead atoms. The van der Waals surface area contributed by atoms with Crippen molar-refractivity contribution in [2.45, 2.75) is 194 Å². The topological polar surface area (TPSA) is 406 Å². The second kappa shape index (κ2) is 36.1. The van der Waals surface area contributed by atoms with Gasteiger partial charge in [0.25, 0.3) is 0 Å². The van der Waals surface area contributed by atoms with Crippen LogP contribution in [0.3, 0.4) is 0 Å². The molecule has 32 nitrogen and oxygen atoms in total. The highest BCUT2D eigenvalue weighted by atomic mass is 35.5. The summed E-state index contributed by atoms with van der Waals surface area (Å²) in [5.74, 6) is -3.67. The van der Waals surface area contributed by atoms with Gasteiger partial charge in [-0.05, 0) is 53.2 Å². The van der Waals surface area contributed by atoms with Gasteiger partial charge in [0.15, 0.2) is 60.6 Å². The molecule has 0 amide bonds. The molecular formula is C60H90ClF4N10O22P. The molecule has 0 aromatic rings. The molecular weight excluding hydrogens is 1360 g/mol. The van der Waals surface area contributed by atoms with Crippen LogP contribution in [-0.4, -0.2) is 210 Å². The minimum Gasteiger partial charge on any atom is -0.462 e. The molecule has 1 unspecified atom stereocenters. The Balaban J connectivity index is 0.000000318. The summed E-state index contributed by atoms with van der Waals surface area (Å²) in [5, 5.41) is 15.7. The third kappa shape index (κ3) is 21.5. The van der Waals surface area contributed by atoms with E-state index in [0.717, 1.165) is 16.8 Å². The van der Waals surface area contributed by atoms with Crippen molar-refractivity contribution in [1.82, 2.24) is 14.8 Å². The number of rotatable bonds is 27. The number of phosphoric ester groups is 1. The van der Waals surface area contributed by atoms with Gasteiger partial charge in [-0.25, -0.2) is 60.7 Å². The number of carbonyl (C=O) groups excluding carboxylic acids is 6. The minimum atomic E-state index is -4.88. The molecule has 6 aliphatic heterocycles. The van der Waals surface area contributed by atoms with Gasteiger partial charge in [-0.2, -0.15) is 5.10 Å². The van der Waals surface area contributed by atoms with Gasteiger partial charge in [0.2, 0.25) is 13.6 Å². The van der Waals surface area contributed by atoms with E-state index in [1.165, 1.54) is 35.7 Å². The number of hydrogen-bond donors (Lipinski definition) is 4. The van der Waals surface area contributed by atoms with Gasteiger partial charge in [0.05, 0.1) is 54.6 Å². The third-order valence-corrected chi connectivity index (χ3v) is 16.3. The Labute approximate surface area is 570 Å². The highest BCUT2D eigenvalue weighted by Gasteiger charge is 2.64. The molecule has 0 aromatic heterocycles. The van der Waals surface area contributed by atoms with Crippen molar-refractivity contribution < 1.29 is 122 Å². The number of alkyl halides is 5. The Morgan fingerprint density at radius 3 is 1.41 bits per heavy atom. The van der Waals surface area contributed by atoms with Gasteiger partial charge >= 0.3 is 44.0 Å². The fourth-order valence-electron chi connectivity index (χ4n) is 9.02. The van der Waals surface area contributed by atoms with Gasteiger partial charge in [0, 0.05) is 12.4 Å². The molecule has 3 fully saturated rings. The van der Waals surface area contributed by atoms with Crippen LogP contribution >= 0.6 is 19.4 Å². The van der Waals surface area contributed by atoms with E-state index < -0.39 is 179 Å². The van der Waals surface area contributed by atoms with E-state index in [1.54, 1.807) is 90.0 Å². The molecule has 552 valence electrons. The molecule has 6 aliphatic rings. The Morgan fingerprint density at radius 1 is 0.602 bits per heavy atom. The third-order valence-electron chi connectivity index (χ3n) is 14.5. The number of nitrogens with zero attached hydrogens (tertiary/aromatic N) is 7. The van der Waals surface area contributed by atoms with Crippen molar-refractivity contribution in [1.29, 1.82) is 0 Å². The van der Waals surface area contributed by atoms with Crippen molar-refractivity contribution >= 4 is 79.3 Å². The number of ether oxygens (including phenoxy) is 11. The van der Waals surface area contributed by atoms with Crippen LogP contribution in [-0.2, 0) is 89.4 Å². The SMILES string of the molecule is C=C1N=C(N)C=CN1[C@@H]1O[C@@](COP(=O)(OCOC(=O)OC(C)C)OCOC(=O)OC(C)C)(C(C)F)[C@@H](O)[C@H]1F.C=C1N=C(N)C=CN1[C@@H]1O[C@](CC)(COC(=O)C(C)C)[C@@H](OC(=O)C(C)C)[C@H]1F.C=C1N=C(N)C=NN1[C@@H]1O[C@](CCl)(COC(=O)C(C)C)[C@@H](OC(=O)C(C)C)[C@H]1F. The molecule has 13 atom stereocenters. The molecule has 0 spiro atoms. The molecule has 0 saturated carbocycles. The molecule has 0 radical (unpaired) electrons. The van der Waals surface area contributed by atoms with Crippen LogP contribution in [0, 0.1) is 23.7 Å². The standard InChI is InChI=1S/C22H34F2N3O12P.C20H30FN3O5.C18H26ClFN4O5/c1-12(2)37-20(29)32-10-35-40(31,36-11-33-21(30)38-13(3)4)34-9-22(14(5)23)18(28)17(24)19(39-22)27-8-7-16(25)26-15(27)6;1-7-20(10-27-18(25)11(2)3)16(28-19(26)12(4)5)15(21)17(29-20)24-9-8-14(22)23-13(24)6;1-9(2)16(25)27-8-18(7-19)14(28-17(26)10(3)4)13(20)15(29-18)24-11(5)23-12(21)6-22-24/h7-8,12-14,17-19,28H,6,9-11H2,1-5H3,(H2,25,26);8-9,11-12,15-17H,6-7,10H2,1-5H3,(H2,22,23);6,9-10,13-15H,5,7-8H2,1-4H3,(H2,21,23)/t14?,17-,18+,19-,22+;15-,16+,17-,20-;13-,14+,15-,18-/m111/s1. The van der Waals surface area contributed by atoms with E-state index in [2.05, 4.69) is 49.3 Å². The van der Waals surface area contributed by atoms with Gasteiger partial charge in [-0.3, -0.25) is 23.7 Å². The number of hydrazone groups is 1. The molecule has 3 saturated heterocycles. The zero-order valence-electron chi connectivity index (χ0n) is 56.9. The Hall–Kier alpha value is -7.44. The average Bonchev–Trinajstić information content (AvgIpc) is 1.62. The Morgan fingerprint density at radius 2 is 1.01 bits per heavy atom. The van der Waals surface area contributed by atoms with Gasteiger partial charge in [-0.15, -0.1) is 11.6 Å². The van der Waals surface area contributed by atoms with Crippen LogP contribution < -0.4 is 17.2 Å². The van der Waals surface area contributed by atoms with Crippen molar-refractivity contribution in [2.75, 3.05) is 39.3 Å². The van der Waals surface area contributed by atoms with E-state index in [0.29, 0.717) is 0 Å². The highest BCUT2D eigenvalue weighted by molar-refractivity contribution is 7.48. The lowest BCUT2D eigenvalue weighted by Gasteiger charge is -2.35. The van der Waals surface area contributed by atoms with Crippen LogP contribution in [0.2, 0.25) is 0 Å². The number of halogens is 5. The van der Waals surface area contributed by atoms with E-state index in [1.807, 2.05) is 0 Å². The molecule has 6 rings (SSSR count). The lowest BCUT2D eigenvalue weighted by atomic mass is 9.92. The summed E-state index contributed by atoms with van der Waals surface area (Å²) in [6.07, 6.45) is -13.4. The van der Waals surface area contributed by atoms with Gasteiger partial charge < -0.3 is 84.2 Å². The summed E-state index contributed by atoms with van der Waals surface area (Å²) in [5.41, 5.74) is 11.4. The summed E-state index contributed by atoms with van der Waals surface area (Å²) in [6.45, 7) is 29.3. The van der Waals surface area contributed by atoms with Crippen molar-refractivity contribution in [3.8, 4) is 0 Å². The number of amidine groups is 3. The molecule has 7 N–H and O–H groups in total. The number of aliphatic imine (C=N–C) groups is 3. The maximum atomic E-state index is 15.6. The van der Waals surface area contributed by atoms with E-state index in [-0.39, 0.29) is 59.8 Å². The maximum absolute atomic E-state index is 15.6. The Kier molecular flexibility index (Phi) is 30.5. The van der Waals surface area contributed by atoms with Gasteiger partial charge in [-0.1, -0.05) is 82.1 Å². The molecule has 6 heterocycles. The Bertz CT molecular complexity index is 2960. The normalized spacial score (nSPS) is 27.9. The second-order valence-corrected chi connectivity index (χ2v) is 26.2. The van der Waals surface area contributed by atoms with Crippen LogP contribution in [0.4, 0.5) is 27.2 Å². The van der Waals surface area contributed by atoms with Crippen molar-refractivity contribution in [2.24, 2.45) is 61.0 Å². The number of carbonyl (C=O) groups is 6. The fraction of sp³-hybridized carbons (Fsp3) is 0.667. The molecule has 0 aliphatic carbocycles. The predicted molar refractivity (Wildman–Crippen MR) is 342 cm³/mol. The van der Waals surface area contributed by atoms with Crippen LogP contribution in [0.1, 0.15) is 103 Å². The lowest BCUT2D eigenvalue weighted by Crippen LogP contribution is -2.52. The van der Waals surface area contributed by atoms with Crippen LogP contribution in [0.25, 0.3) is 0 Å². The average molecular weight is 1450 g/mol. The number of hydrogen-bond acceptors (Lipinski definition) is 32. The summed E-state index contributed by atoms with van der Waals surface area (Å²) >= 11 is 6.11. The van der Waals surface area contributed by atoms with Crippen LogP contribution in [0.15, 0.2) is 81.8 Å². The molecule has 38 heteroatoms. The fourth-order valence-corrected chi connectivity index (χ4v) is 10.3. The summed E-state index contributed by atoms with van der Waals surface area (Å²) in [4.78, 5) is 85.9.